The monoisotopic (exact) mass is 246 g/mol. The Balaban J connectivity index is 1.72. The van der Waals surface area contributed by atoms with Crippen LogP contribution in [0.2, 0.25) is 0 Å². The van der Waals surface area contributed by atoms with Gasteiger partial charge in [-0.25, -0.2) is 9.97 Å². The number of hydrogen-bond acceptors (Lipinski definition) is 4. The van der Waals surface area contributed by atoms with Crippen molar-refractivity contribution in [2.24, 2.45) is 0 Å². The smallest absolute Gasteiger partial charge is 0.133 e. The lowest BCUT2D eigenvalue weighted by molar-refractivity contribution is 0.190. The number of nitrogens with zero attached hydrogens (tertiary/aromatic N) is 3. The molecule has 4 heteroatoms. The summed E-state index contributed by atoms with van der Waals surface area (Å²) in [4.78, 5) is 11.3. The quantitative estimate of drug-likeness (QED) is 0.865. The van der Waals surface area contributed by atoms with Crippen molar-refractivity contribution in [3.05, 3.63) is 17.6 Å². The van der Waals surface area contributed by atoms with Gasteiger partial charge in [0.1, 0.15) is 12.1 Å². The second-order valence-corrected chi connectivity index (χ2v) is 5.70. The first-order valence-corrected chi connectivity index (χ1v) is 7.03. The molecule has 0 saturated carbocycles. The van der Waals surface area contributed by atoms with Crippen LogP contribution in [-0.4, -0.2) is 40.5 Å². The number of piperidine rings is 1. The maximum atomic E-state index is 4.45. The normalized spacial score (nSPS) is 28.1. The number of anilines is 1. The molecule has 1 saturated heterocycles. The van der Waals surface area contributed by atoms with Crippen LogP contribution in [0.4, 0.5) is 5.82 Å². The van der Waals surface area contributed by atoms with Gasteiger partial charge >= 0.3 is 0 Å². The number of hydrogen-bond donors (Lipinski definition) is 1. The highest BCUT2D eigenvalue weighted by Crippen LogP contribution is 2.27. The number of aromatic nitrogens is 2. The molecular formula is C14H22N4. The predicted octanol–water partition coefficient (Wildman–Crippen LogP) is 1.86. The maximum Gasteiger partial charge on any atom is 0.133 e. The number of rotatable bonds is 2. The minimum atomic E-state index is 0.566. The number of aryl methyl sites for hydroxylation is 1. The van der Waals surface area contributed by atoms with E-state index in [0.29, 0.717) is 12.1 Å². The molecule has 0 spiro atoms. The van der Waals surface area contributed by atoms with Gasteiger partial charge in [0.2, 0.25) is 0 Å². The molecule has 1 fully saturated rings. The van der Waals surface area contributed by atoms with E-state index < -0.39 is 0 Å². The topological polar surface area (TPSA) is 41.1 Å². The van der Waals surface area contributed by atoms with Crippen molar-refractivity contribution in [1.82, 2.24) is 14.9 Å². The number of nitrogens with one attached hydrogen (secondary N) is 1. The molecule has 0 bridgehead atoms. The lowest BCUT2D eigenvalue weighted by Gasteiger charge is -2.35. The second-order valence-electron chi connectivity index (χ2n) is 5.70. The third-order valence-electron chi connectivity index (χ3n) is 4.42. The van der Waals surface area contributed by atoms with Crippen LogP contribution in [0.25, 0.3) is 0 Å². The fourth-order valence-corrected chi connectivity index (χ4v) is 3.10. The summed E-state index contributed by atoms with van der Waals surface area (Å²) in [6.07, 6.45) is 7.61. The average molecular weight is 246 g/mol. The Morgan fingerprint density at radius 3 is 3.06 bits per heavy atom. The molecule has 0 radical (unpaired) electrons. The Hall–Kier alpha value is -1.16. The van der Waals surface area contributed by atoms with E-state index in [1.807, 2.05) is 0 Å². The van der Waals surface area contributed by atoms with E-state index in [4.69, 9.17) is 0 Å². The summed E-state index contributed by atoms with van der Waals surface area (Å²) in [7, 11) is 2.21. The van der Waals surface area contributed by atoms with Crippen molar-refractivity contribution in [3.63, 3.8) is 0 Å². The molecule has 18 heavy (non-hydrogen) atoms. The van der Waals surface area contributed by atoms with Gasteiger partial charge in [-0.15, -0.1) is 0 Å². The van der Waals surface area contributed by atoms with E-state index >= 15 is 0 Å². The molecule has 2 heterocycles. The van der Waals surface area contributed by atoms with Crippen molar-refractivity contribution < 1.29 is 0 Å². The summed E-state index contributed by atoms with van der Waals surface area (Å²) >= 11 is 0. The van der Waals surface area contributed by atoms with Crippen LogP contribution in [0.3, 0.4) is 0 Å². The molecule has 98 valence electrons. The van der Waals surface area contributed by atoms with Crippen LogP contribution in [0.15, 0.2) is 6.33 Å². The lowest BCUT2D eigenvalue weighted by Crippen LogP contribution is -2.42. The first-order chi connectivity index (χ1) is 8.74. The van der Waals surface area contributed by atoms with Gasteiger partial charge in [-0.2, -0.15) is 0 Å². The summed E-state index contributed by atoms with van der Waals surface area (Å²) in [6, 6.07) is 1.22. The Morgan fingerprint density at radius 2 is 2.22 bits per heavy atom. The van der Waals surface area contributed by atoms with Gasteiger partial charge in [-0.3, -0.25) is 0 Å². The van der Waals surface area contributed by atoms with Crippen molar-refractivity contribution in [2.75, 3.05) is 18.9 Å². The predicted molar refractivity (Wildman–Crippen MR) is 72.8 cm³/mol. The Labute approximate surface area is 109 Å². The van der Waals surface area contributed by atoms with Crippen LogP contribution >= 0.6 is 0 Å². The Bertz CT molecular complexity index is 432. The van der Waals surface area contributed by atoms with Gasteiger partial charge in [-0.1, -0.05) is 0 Å². The zero-order chi connectivity index (χ0) is 12.5. The molecule has 1 aliphatic carbocycles. The highest BCUT2D eigenvalue weighted by Gasteiger charge is 2.24. The van der Waals surface area contributed by atoms with Crippen LogP contribution in [0, 0.1) is 0 Å². The molecule has 2 unspecified atom stereocenters. The second kappa shape index (κ2) is 4.84. The van der Waals surface area contributed by atoms with Crippen LogP contribution in [0.1, 0.15) is 37.4 Å². The van der Waals surface area contributed by atoms with Crippen LogP contribution < -0.4 is 5.32 Å². The van der Waals surface area contributed by atoms with E-state index in [2.05, 4.69) is 34.2 Å². The average Bonchev–Trinajstić information content (AvgIpc) is 2.83. The molecular weight excluding hydrogens is 224 g/mol. The fraction of sp³-hybridized carbons (Fsp3) is 0.714. The minimum absolute atomic E-state index is 0.566. The van der Waals surface area contributed by atoms with E-state index in [-0.39, 0.29) is 0 Å². The molecule has 2 aliphatic rings. The first kappa shape index (κ1) is 11.9. The third kappa shape index (κ3) is 2.21. The molecule has 4 nitrogen and oxygen atoms in total. The molecule has 0 amide bonds. The Morgan fingerprint density at radius 1 is 1.33 bits per heavy atom. The SMILES string of the molecule is CC1CC(Nc2ncnc3c2CCC3)CCN1C. The van der Waals surface area contributed by atoms with Gasteiger partial charge in [0.25, 0.3) is 0 Å². The summed E-state index contributed by atoms with van der Waals surface area (Å²) in [6.45, 7) is 3.48. The summed E-state index contributed by atoms with van der Waals surface area (Å²) in [5.74, 6) is 1.10. The lowest BCUT2D eigenvalue weighted by atomic mass is 9.99. The first-order valence-electron chi connectivity index (χ1n) is 7.03. The zero-order valence-electron chi connectivity index (χ0n) is 11.3. The largest absolute Gasteiger partial charge is 0.367 e. The molecule has 1 N–H and O–H groups in total. The van der Waals surface area contributed by atoms with Crippen molar-refractivity contribution in [1.29, 1.82) is 0 Å². The highest BCUT2D eigenvalue weighted by atomic mass is 15.2. The molecule has 1 aromatic rings. The number of fused-ring (bicyclic) bond motifs is 1. The van der Waals surface area contributed by atoms with Crippen LogP contribution in [-0.2, 0) is 12.8 Å². The van der Waals surface area contributed by atoms with Gasteiger partial charge in [0, 0.05) is 29.9 Å². The summed E-state index contributed by atoms with van der Waals surface area (Å²) < 4.78 is 0. The van der Waals surface area contributed by atoms with Gasteiger partial charge < -0.3 is 10.2 Å². The van der Waals surface area contributed by atoms with Gasteiger partial charge in [-0.05, 0) is 46.1 Å². The van der Waals surface area contributed by atoms with Gasteiger partial charge in [0.05, 0.1) is 0 Å². The standard InChI is InChI=1S/C14H22N4/c1-10-8-11(6-7-18(10)2)17-14-12-4-3-5-13(12)15-9-16-14/h9-11H,3-8H2,1-2H3,(H,15,16,17). The maximum absolute atomic E-state index is 4.45. The highest BCUT2D eigenvalue weighted by molar-refractivity contribution is 5.48. The Kier molecular flexibility index (Phi) is 3.20. The molecule has 2 atom stereocenters. The van der Waals surface area contributed by atoms with Crippen molar-refractivity contribution in [3.8, 4) is 0 Å². The summed E-state index contributed by atoms with van der Waals surface area (Å²) in [5, 5.41) is 3.65. The molecule has 1 aliphatic heterocycles. The fourth-order valence-electron chi connectivity index (χ4n) is 3.10. The van der Waals surface area contributed by atoms with E-state index in [1.54, 1.807) is 6.33 Å². The molecule has 3 rings (SSSR count). The van der Waals surface area contributed by atoms with Gasteiger partial charge in [0.15, 0.2) is 0 Å². The van der Waals surface area contributed by atoms with Crippen molar-refractivity contribution >= 4 is 5.82 Å². The third-order valence-corrected chi connectivity index (χ3v) is 4.42. The molecule has 0 aromatic carbocycles. The molecule has 1 aromatic heterocycles. The van der Waals surface area contributed by atoms with E-state index in [0.717, 1.165) is 18.7 Å². The summed E-state index contributed by atoms with van der Waals surface area (Å²) in [5.41, 5.74) is 2.62. The van der Waals surface area contributed by atoms with Crippen molar-refractivity contribution in [2.45, 2.75) is 51.1 Å². The number of likely N-dealkylation sites (tertiary alicyclic amines) is 1. The van der Waals surface area contributed by atoms with E-state index in [9.17, 15) is 0 Å². The minimum Gasteiger partial charge on any atom is -0.367 e. The zero-order valence-corrected chi connectivity index (χ0v) is 11.3. The van der Waals surface area contributed by atoms with Crippen LogP contribution in [0.5, 0.6) is 0 Å². The van der Waals surface area contributed by atoms with E-state index in [1.165, 1.54) is 37.1 Å².